The van der Waals surface area contributed by atoms with E-state index in [0.29, 0.717) is 0 Å². The maximum absolute atomic E-state index is 11.2. The minimum atomic E-state index is -1.15. The van der Waals surface area contributed by atoms with E-state index in [-0.39, 0.29) is 6.61 Å². The zero-order valence-corrected chi connectivity index (χ0v) is 7.14. The zero-order valence-electron chi connectivity index (χ0n) is 7.14. The molecule has 2 saturated heterocycles. The molecule has 78 valence electrons. The van der Waals surface area contributed by atoms with Gasteiger partial charge < -0.3 is 20.3 Å². The molecule has 2 heterocycles. The van der Waals surface area contributed by atoms with Gasteiger partial charge in [-0.25, -0.2) is 4.79 Å². The summed E-state index contributed by atoms with van der Waals surface area (Å²) in [6, 6.07) is -1.54. The number of urea groups is 1. The predicted octanol–water partition coefficient (Wildman–Crippen LogP) is -2.68. The molecule has 4 unspecified atom stereocenters. The van der Waals surface area contributed by atoms with Crippen LogP contribution < -0.4 is 10.6 Å². The average Bonchev–Trinajstić information content (AvgIpc) is 2.59. The molecule has 0 spiro atoms. The summed E-state index contributed by atoms with van der Waals surface area (Å²) in [4.78, 5) is 21.9. The molecule has 0 saturated carbocycles. The van der Waals surface area contributed by atoms with E-state index in [4.69, 9.17) is 9.84 Å². The molecule has 0 aromatic carbocycles. The van der Waals surface area contributed by atoms with Crippen molar-refractivity contribution in [1.82, 2.24) is 10.6 Å². The number of hydrogen-bond donors (Lipinski definition) is 4. The minimum Gasteiger partial charge on any atom is -0.388 e. The third-order valence-corrected chi connectivity index (χ3v) is 2.32. The molecule has 2 aliphatic heterocycles. The van der Waals surface area contributed by atoms with Crippen LogP contribution in [0.25, 0.3) is 0 Å². The number of nitrogens with one attached hydrogen (secondary N) is 2. The highest BCUT2D eigenvalue weighted by atomic mass is 16.5. The predicted molar refractivity (Wildman–Crippen MR) is 42.2 cm³/mol. The molecule has 2 aliphatic rings. The van der Waals surface area contributed by atoms with Crippen molar-refractivity contribution in [2.75, 3.05) is 6.61 Å². The van der Waals surface area contributed by atoms with Crippen LogP contribution in [0.4, 0.5) is 4.79 Å². The first kappa shape index (κ1) is 9.38. The molecule has 7 heteroatoms. The van der Waals surface area contributed by atoms with Crippen molar-refractivity contribution in [1.29, 1.82) is 0 Å². The van der Waals surface area contributed by atoms with Crippen molar-refractivity contribution < 1.29 is 24.5 Å². The van der Waals surface area contributed by atoms with Crippen LogP contribution in [-0.4, -0.2) is 53.1 Å². The van der Waals surface area contributed by atoms with Crippen LogP contribution in [-0.2, 0) is 9.53 Å². The fourth-order valence-electron chi connectivity index (χ4n) is 1.58. The van der Waals surface area contributed by atoms with E-state index in [1.165, 1.54) is 0 Å². The molecule has 0 aliphatic carbocycles. The number of amides is 3. The monoisotopic (exact) mass is 202 g/mol. The maximum Gasteiger partial charge on any atom is 0.322 e. The largest absolute Gasteiger partial charge is 0.388 e. The van der Waals surface area contributed by atoms with Gasteiger partial charge in [-0.1, -0.05) is 0 Å². The normalized spacial score (nSPS) is 42.4. The molecule has 2 rings (SSSR count). The van der Waals surface area contributed by atoms with Gasteiger partial charge in [0, 0.05) is 0 Å². The lowest BCUT2D eigenvalue weighted by molar-refractivity contribution is -0.124. The third kappa shape index (κ3) is 1.35. The van der Waals surface area contributed by atoms with Crippen molar-refractivity contribution >= 4 is 11.9 Å². The summed E-state index contributed by atoms with van der Waals surface area (Å²) in [5.41, 5.74) is 0. The zero-order chi connectivity index (χ0) is 10.3. The van der Waals surface area contributed by atoms with E-state index in [1.807, 2.05) is 5.32 Å². The second kappa shape index (κ2) is 3.19. The molecule has 14 heavy (non-hydrogen) atoms. The molecular weight excluding hydrogens is 192 g/mol. The second-order valence-electron chi connectivity index (χ2n) is 3.30. The summed E-state index contributed by atoms with van der Waals surface area (Å²) in [6.45, 7) is -0.0362. The van der Waals surface area contributed by atoms with Gasteiger partial charge >= 0.3 is 6.03 Å². The second-order valence-corrected chi connectivity index (χ2v) is 3.30. The molecule has 0 radical (unpaired) electrons. The standard InChI is InChI=1S/C7H10N2O5/c10-2-1-14-5(4(2)11)3-6(12)9-7(13)8-3/h2-5,10-11H,1H2,(H2,8,9,12,13). The van der Waals surface area contributed by atoms with Crippen LogP contribution in [0.3, 0.4) is 0 Å². The summed E-state index contributed by atoms with van der Waals surface area (Å²) < 4.78 is 5.00. The fourth-order valence-corrected chi connectivity index (χ4v) is 1.58. The number of aliphatic hydroxyl groups excluding tert-OH is 2. The Morgan fingerprint density at radius 1 is 1.36 bits per heavy atom. The first-order chi connectivity index (χ1) is 6.59. The molecule has 2 fully saturated rings. The minimum absolute atomic E-state index is 0.0362. The van der Waals surface area contributed by atoms with Gasteiger partial charge in [-0.3, -0.25) is 10.1 Å². The van der Waals surface area contributed by atoms with Crippen molar-refractivity contribution in [3.63, 3.8) is 0 Å². The van der Waals surface area contributed by atoms with E-state index >= 15 is 0 Å². The van der Waals surface area contributed by atoms with E-state index in [2.05, 4.69) is 5.32 Å². The molecule has 4 atom stereocenters. The number of aliphatic hydroxyl groups is 2. The van der Waals surface area contributed by atoms with Crippen molar-refractivity contribution in [3.05, 3.63) is 0 Å². The average molecular weight is 202 g/mol. The highest BCUT2D eigenvalue weighted by Gasteiger charge is 2.46. The molecule has 4 N–H and O–H groups in total. The number of imide groups is 1. The van der Waals surface area contributed by atoms with Gasteiger partial charge in [0.25, 0.3) is 5.91 Å². The summed E-state index contributed by atoms with van der Waals surface area (Å²) in [7, 11) is 0. The van der Waals surface area contributed by atoms with Crippen LogP contribution in [0.2, 0.25) is 0 Å². The highest BCUT2D eigenvalue weighted by Crippen LogP contribution is 2.19. The van der Waals surface area contributed by atoms with Crippen LogP contribution in [0.15, 0.2) is 0 Å². The SMILES string of the molecule is O=C1NC(=O)C(C2OCC(O)C2O)N1. The maximum atomic E-state index is 11.2. The van der Waals surface area contributed by atoms with Gasteiger partial charge in [0.2, 0.25) is 0 Å². The molecular formula is C7H10N2O5. The fraction of sp³-hybridized carbons (Fsp3) is 0.714. The Morgan fingerprint density at radius 3 is 2.50 bits per heavy atom. The lowest BCUT2D eigenvalue weighted by atomic mass is 10.0. The summed E-state index contributed by atoms with van der Waals surface area (Å²) >= 11 is 0. The van der Waals surface area contributed by atoms with Gasteiger partial charge in [-0.05, 0) is 0 Å². The Balaban J connectivity index is 2.09. The number of carbonyl (C=O) groups excluding carboxylic acids is 2. The molecule has 0 bridgehead atoms. The Bertz CT molecular complexity index is 281. The quantitative estimate of drug-likeness (QED) is 0.346. The van der Waals surface area contributed by atoms with Gasteiger partial charge in [0.15, 0.2) is 0 Å². The third-order valence-electron chi connectivity index (χ3n) is 2.32. The van der Waals surface area contributed by atoms with Gasteiger partial charge in [-0.2, -0.15) is 0 Å². The molecule has 3 amide bonds. The van der Waals surface area contributed by atoms with E-state index in [0.717, 1.165) is 0 Å². The van der Waals surface area contributed by atoms with E-state index in [9.17, 15) is 14.7 Å². The lowest BCUT2D eigenvalue weighted by Crippen LogP contribution is -2.47. The smallest absolute Gasteiger partial charge is 0.322 e. The summed E-state index contributed by atoms with van der Waals surface area (Å²) in [6.07, 6.45) is -3.04. The van der Waals surface area contributed by atoms with Crippen molar-refractivity contribution in [2.24, 2.45) is 0 Å². The van der Waals surface area contributed by atoms with Crippen LogP contribution in [0.1, 0.15) is 0 Å². The Kier molecular flexibility index (Phi) is 2.14. The van der Waals surface area contributed by atoms with Crippen LogP contribution in [0.5, 0.6) is 0 Å². The van der Waals surface area contributed by atoms with Crippen LogP contribution >= 0.6 is 0 Å². The van der Waals surface area contributed by atoms with Gasteiger partial charge in [0.05, 0.1) is 6.61 Å². The number of ether oxygens (including phenoxy) is 1. The number of hydrogen-bond acceptors (Lipinski definition) is 5. The van der Waals surface area contributed by atoms with E-state index < -0.39 is 36.3 Å². The lowest BCUT2D eigenvalue weighted by Gasteiger charge is -2.18. The highest BCUT2D eigenvalue weighted by molar-refractivity contribution is 6.04. The van der Waals surface area contributed by atoms with Gasteiger partial charge in [-0.15, -0.1) is 0 Å². The number of rotatable bonds is 1. The van der Waals surface area contributed by atoms with Gasteiger partial charge in [0.1, 0.15) is 24.4 Å². The summed E-state index contributed by atoms with van der Waals surface area (Å²) in [5.74, 6) is -0.548. The first-order valence-corrected chi connectivity index (χ1v) is 4.18. The molecule has 0 aromatic heterocycles. The Morgan fingerprint density at radius 2 is 2.07 bits per heavy atom. The topological polar surface area (TPSA) is 108 Å². The van der Waals surface area contributed by atoms with Crippen molar-refractivity contribution in [2.45, 2.75) is 24.4 Å². The molecule has 7 nitrogen and oxygen atoms in total. The first-order valence-electron chi connectivity index (χ1n) is 4.18. The van der Waals surface area contributed by atoms with Crippen molar-refractivity contribution in [3.8, 4) is 0 Å². The Hall–Kier alpha value is -1.18. The molecule has 0 aromatic rings. The summed E-state index contributed by atoms with van der Waals surface area (Å²) in [5, 5.41) is 22.9. The van der Waals surface area contributed by atoms with Crippen LogP contribution in [0, 0.1) is 0 Å². The number of carbonyl (C=O) groups is 2. The van der Waals surface area contributed by atoms with E-state index in [1.54, 1.807) is 0 Å². The Labute approximate surface area is 79.0 Å².